The van der Waals surface area contributed by atoms with Gasteiger partial charge in [-0.3, -0.25) is 0 Å². The average molecular weight is 281 g/mol. The standard InChI is InChI=1S/C13H10ClFN2O2/c1-7-9(13(18)19)6-16-12(17-7)5-8-10(14)3-2-4-11(8)15/h2-4,6H,5H2,1H3,(H,18,19). The molecule has 0 atom stereocenters. The van der Waals surface area contributed by atoms with Gasteiger partial charge in [0.2, 0.25) is 0 Å². The molecule has 0 unspecified atom stereocenters. The summed E-state index contributed by atoms with van der Waals surface area (Å²) in [5.74, 6) is -1.20. The van der Waals surface area contributed by atoms with Crippen molar-refractivity contribution in [2.24, 2.45) is 0 Å². The molecule has 0 amide bonds. The molecule has 0 spiro atoms. The molecular formula is C13H10ClFN2O2. The van der Waals surface area contributed by atoms with E-state index >= 15 is 0 Å². The first-order chi connectivity index (χ1) is 8.99. The highest BCUT2D eigenvalue weighted by Gasteiger charge is 2.13. The minimum absolute atomic E-state index is 0.0309. The van der Waals surface area contributed by atoms with Gasteiger partial charge < -0.3 is 5.11 Å². The number of rotatable bonds is 3. The second kappa shape index (κ2) is 5.32. The van der Waals surface area contributed by atoms with Crippen LogP contribution in [0, 0.1) is 12.7 Å². The molecule has 1 heterocycles. The van der Waals surface area contributed by atoms with E-state index in [9.17, 15) is 9.18 Å². The van der Waals surface area contributed by atoms with Crippen molar-refractivity contribution in [2.75, 3.05) is 0 Å². The summed E-state index contributed by atoms with van der Waals surface area (Å²) in [6, 6.07) is 4.40. The van der Waals surface area contributed by atoms with Crippen LogP contribution in [-0.2, 0) is 6.42 Å². The lowest BCUT2D eigenvalue weighted by Gasteiger charge is -2.06. The minimum atomic E-state index is -1.09. The Hall–Kier alpha value is -2.01. The van der Waals surface area contributed by atoms with E-state index in [1.165, 1.54) is 18.3 Å². The van der Waals surface area contributed by atoms with Gasteiger partial charge in [0.15, 0.2) is 0 Å². The van der Waals surface area contributed by atoms with Crippen molar-refractivity contribution < 1.29 is 14.3 Å². The number of aromatic carboxylic acids is 1. The lowest BCUT2D eigenvalue weighted by molar-refractivity contribution is 0.0695. The maximum absolute atomic E-state index is 13.6. The number of nitrogens with zero attached hydrogens (tertiary/aromatic N) is 2. The van der Waals surface area contributed by atoms with E-state index in [-0.39, 0.29) is 12.0 Å². The highest BCUT2D eigenvalue weighted by atomic mass is 35.5. The normalized spacial score (nSPS) is 10.5. The first kappa shape index (κ1) is 13.4. The van der Waals surface area contributed by atoms with Crippen molar-refractivity contribution in [1.82, 2.24) is 9.97 Å². The van der Waals surface area contributed by atoms with Gasteiger partial charge >= 0.3 is 5.97 Å². The fourth-order valence-electron chi connectivity index (χ4n) is 1.67. The van der Waals surface area contributed by atoms with E-state index in [1.54, 1.807) is 13.0 Å². The van der Waals surface area contributed by atoms with Crippen LogP contribution in [0.3, 0.4) is 0 Å². The summed E-state index contributed by atoms with van der Waals surface area (Å²) in [5, 5.41) is 9.17. The van der Waals surface area contributed by atoms with Crippen LogP contribution in [0.4, 0.5) is 4.39 Å². The zero-order valence-electron chi connectivity index (χ0n) is 10.0. The summed E-state index contributed by atoms with van der Waals surface area (Å²) >= 11 is 5.91. The van der Waals surface area contributed by atoms with Crippen LogP contribution in [0.2, 0.25) is 5.02 Å². The third kappa shape index (κ3) is 2.88. The number of benzene rings is 1. The Morgan fingerprint density at radius 3 is 2.79 bits per heavy atom. The predicted octanol–water partition coefficient (Wildman–Crippen LogP) is 2.87. The van der Waals surface area contributed by atoms with Gasteiger partial charge in [0.25, 0.3) is 0 Å². The largest absolute Gasteiger partial charge is 0.478 e. The van der Waals surface area contributed by atoms with Crippen molar-refractivity contribution in [2.45, 2.75) is 13.3 Å². The Balaban J connectivity index is 2.34. The van der Waals surface area contributed by atoms with E-state index in [4.69, 9.17) is 16.7 Å². The molecule has 19 heavy (non-hydrogen) atoms. The van der Waals surface area contributed by atoms with Crippen molar-refractivity contribution in [3.05, 3.63) is 57.9 Å². The zero-order valence-corrected chi connectivity index (χ0v) is 10.8. The van der Waals surface area contributed by atoms with Gasteiger partial charge in [-0.25, -0.2) is 19.2 Å². The quantitative estimate of drug-likeness (QED) is 0.939. The van der Waals surface area contributed by atoms with Crippen LogP contribution < -0.4 is 0 Å². The number of carbonyl (C=O) groups is 1. The highest BCUT2D eigenvalue weighted by Crippen LogP contribution is 2.21. The molecule has 1 aromatic heterocycles. The first-order valence-corrected chi connectivity index (χ1v) is 5.85. The van der Waals surface area contributed by atoms with Crippen LogP contribution >= 0.6 is 11.6 Å². The summed E-state index contributed by atoms with van der Waals surface area (Å²) < 4.78 is 13.6. The Kier molecular flexibility index (Phi) is 3.76. The van der Waals surface area contributed by atoms with Gasteiger partial charge in [-0.15, -0.1) is 0 Å². The van der Waals surface area contributed by atoms with Crippen LogP contribution in [0.1, 0.15) is 27.4 Å². The number of aryl methyl sites for hydroxylation is 1. The van der Waals surface area contributed by atoms with Gasteiger partial charge in [-0.05, 0) is 19.1 Å². The third-order valence-corrected chi connectivity index (χ3v) is 3.01. The number of aromatic nitrogens is 2. The summed E-state index contributed by atoms with van der Waals surface area (Å²) in [4.78, 5) is 18.8. The van der Waals surface area contributed by atoms with Crippen LogP contribution in [0.25, 0.3) is 0 Å². The molecular weight excluding hydrogens is 271 g/mol. The maximum atomic E-state index is 13.6. The van der Waals surface area contributed by atoms with Crippen molar-refractivity contribution >= 4 is 17.6 Å². The molecule has 1 N–H and O–H groups in total. The van der Waals surface area contributed by atoms with Crippen molar-refractivity contribution in [3.63, 3.8) is 0 Å². The number of hydrogen-bond donors (Lipinski definition) is 1. The monoisotopic (exact) mass is 280 g/mol. The molecule has 0 saturated heterocycles. The second-order valence-corrected chi connectivity index (χ2v) is 4.37. The molecule has 1 aromatic carbocycles. The minimum Gasteiger partial charge on any atom is -0.478 e. The average Bonchev–Trinajstić information content (AvgIpc) is 2.33. The molecule has 0 saturated carbocycles. The van der Waals surface area contributed by atoms with Gasteiger partial charge in [-0.2, -0.15) is 0 Å². The molecule has 0 aliphatic rings. The van der Waals surface area contributed by atoms with Gasteiger partial charge in [0, 0.05) is 23.2 Å². The summed E-state index contributed by atoms with van der Waals surface area (Å²) in [6.45, 7) is 1.57. The smallest absolute Gasteiger partial charge is 0.339 e. The van der Waals surface area contributed by atoms with E-state index in [1.807, 2.05) is 0 Å². The second-order valence-electron chi connectivity index (χ2n) is 3.97. The van der Waals surface area contributed by atoms with Crippen LogP contribution in [-0.4, -0.2) is 21.0 Å². The molecule has 98 valence electrons. The lowest BCUT2D eigenvalue weighted by Crippen LogP contribution is -2.07. The topological polar surface area (TPSA) is 63.1 Å². The maximum Gasteiger partial charge on any atom is 0.339 e. The van der Waals surface area contributed by atoms with Crippen molar-refractivity contribution in [3.8, 4) is 0 Å². The Bertz CT molecular complexity index is 626. The lowest BCUT2D eigenvalue weighted by atomic mass is 10.1. The summed E-state index contributed by atoms with van der Waals surface area (Å²) in [7, 11) is 0. The van der Waals surface area contributed by atoms with E-state index < -0.39 is 11.8 Å². The Morgan fingerprint density at radius 1 is 1.47 bits per heavy atom. The van der Waals surface area contributed by atoms with E-state index in [0.29, 0.717) is 22.1 Å². The van der Waals surface area contributed by atoms with Crippen molar-refractivity contribution in [1.29, 1.82) is 0 Å². The first-order valence-electron chi connectivity index (χ1n) is 5.47. The third-order valence-electron chi connectivity index (χ3n) is 2.66. The van der Waals surface area contributed by atoms with Gasteiger partial charge in [0.05, 0.1) is 11.3 Å². The molecule has 0 bridgehead atoms. The van der Waals surface area contributed by atoms with E-state index in [0.717, 1.165) is 0 Å². The molecule has 2 aromatic rings. The Labute approximate surface area is 113 Å². The summed E-state index contributed by atoms with van der Waals surface area (Å²) in [6.07, 6.45) is 1.33. The molecule has 6 heteroatoms. The molecule has 4 nitrogen and oxygen atoms in total. The number of halogens is 2. The predicted molar refractivity (Wildman–Crippen MR) is 67.9 cm³/mol. The number of carboxylic acid groups (broad SMARTS) is 1. The van der Waals surface area contributed by atoms with Crippen LogP contribution in [0.5, 0.6) is 0 Å². The molecule has 0 radical (unpaired) electrons. The van der Waals surface area contributed by atoms with Gasteiger partial charge in [0.1, 0.15) is 11.6 Å². The Morgan fingerprint density at radius 2 is 2.21 bits per heavy atom. The summed E-state index contributed by atoms with van der Waals surface area (Å²) in [5.41, 5.74) is 0.667. The highest BCUT2D eigenvalue weighted by molar-refractivity contribution is 6.31. The van der Waals surface area contributed by atoms with Gasteiger partial charge in [-0.1, -0.05) is 17.7 Å². The van der Waals surface area contributed by atoms with E-state index in [2.05, 4.69) is 9.97 Å². The molecule has 0 fully saturated rings. The molecule has 0 aliphatic carbocycles. The fourth-order valence-corrected chi connectivity index (χ4v) is 1.90. The molecule has 0 aliphatic heterocycles. The molecule has 2 rings (SSSR count). The fraction of sp³-hybridized carbons (Fsp3) is 0.154. The zero-order chi connectivity index (χ0) is 14.0. The number of hydrogen-bond acceptors (Lipinski definition) is 3. The number of carboxylic acids is 1. The van der Waals surface area contributed by atoms with Crippen LogP contribution in [0.15, 0.2) is 24.4 Å². The SMILES string of the molecule is Cc1nc(Cc2c(F)cccc2Cl)ncc1C(=O)O.